The third-order valence-corrected chi connectivity index (χ3v) is 2.27. The highest BCUT2D eigenvalue weighted by Crippen LogP contribution is 1.99. The molecule has 0 spiro atoms. The molecule has 0 unspecified atom stereocenters. The van der Waals surface area contributed by atoms with Crippen LogP contribution in [0.2, 0.25) is 0 Å². The quantitative estimate of drug-likeness (QED) is 0.808. The summed E-state index contributed by atoms with van der Waals surface area (Å²) in [6.45, 7) is 8.42. The molecule has 1 aromatic rings. The molecule has 0 saturated heterocycles. The summed E-state index contributed by atoms with van der Waals surface area (Å²) in [5.74, 6) is 0.344. The molecule has 0 fully saturated rings. The molecule has 6 nitrogen and oxygen atoms in total. The lowest BCUT2D eigenvalue weighted by molar-refractivity contribution is 0.492. The van der Waals surface area contributed by atoms with Crippen molar-refractivity contribution in [1.29, 1.82) is 0 Å². The molecule has 0 bridgehead atoms. The van der Waals surface area contributed by atoms with E-state index in [-0.39, 0.29) is 11.7 Å². The van der Waals surface area contributed by atoms with Crippen LogP contribution in [0.3, 0.4) is 0 Å². The third-order valence-electron chi connectivity index (χ3n) is 2.27. The minimum atomic E-state index is -0.499. The van der Waals surface area contributed by atoms with E-state index >= 15 is 0 Å². The monoisotopic (exact) mass is 226 g/mol. The smallest absolute Gasteiger partial charge is 0.355 e. The van der Waals surface area contributed by atoms with E-state index in [4.69, 9.17) is 0 Å². The summed E-state index contributed by atoms with van der Waals surface area (Å²) >= 11 is 0. The molecule has 1 N–H and O–H groups in total. The zero-order valence-corrected chi connectivity index (χ0v) is 10.1. The van der Waals surface area contributed by atoms with Crippen LogP contribution in [0.4, 0.5) is 5.95 Å². The first-order chi connectivity index (χ1) is 7.52. The Morgan fingerprint density at radius 1 is 1.31 bits per heavy atom. The maximum absolute atomic E-state index is 12.0. The molecule has 16 heavy (non-hydrogen) atoms. The van der Waals surface area contributed by atoms with Gasteiger partial charge in [0, 0.05) is 19.1 Å². The average Bonchev–Trinajstić information content (AvgIpc) is 2.17. The van der Waals surface area contributed by atoms with Crippen LogP contribution in [0.25, 0.3) is 0 Å². The number of anilines is 1. The number of rotatable bonds is 4. The van der Waals surface area contributed by atoms with Gasteiger partial charge in [0.05, 0.1) is 0 Å². The summed E-state index contributed by atoms with van der Waals surface area (Å²) in [6, 6.07) is -0.180. The fraction of sp³-hybridized carbons (Fsp3) is 0.700. The zero-order chi connectivity index (χ0) is 12.3. The van der Waals surface area contributed by atoms with E-state index in [2.05, 4.69) is 10.3 Å². The Morgan fingerprint density at radius 3 is 2.38 bits per heavy atom. The molecule has 0 atom stereocenters. The van der Waals surface area contributed by atoms with E-state index in [1.807, 2.05) is 13.8 Å². The van der Waals surface area contributed by atoms with Gasteiger partial charge in [-0.1, -0.05) is 0 Å². The van der Waals surface area contributed by atoms with Crippen molar-refractivity contribution < 1.29 is 0 Å². The highest BCUT2D eigenvalue weighted by atomic mass is 16.2. The second-order valence-corrected chi connectivity index (χ2v) is 3.74. The fourth-order valence-corrected chi connectivity index (χ4v) is 1.53. The molecule has 0 aliphatic heterocycles. The van der Waals surface area contributed by atoms with Crippen molar-refractivity contribution in [3.8, 4) is 0 Å². The molecule has 90 valence electrons. The van der Waals surface area contributed by atoms with Crippen molar-refractivity contribution >= 4 is 5.95 Å². The number of nitrogens with one attached hydrogen (secondary N) is 1. The van der Waals surface area contributed by atoms with Crippen molar-refractivity contribution in [2.45, 2.75) is 40.3 Å². The van der Waals surface area contributed by atoms with Gasteiger partial charge >= 0.3 is 11.4 Å². The van der Waals surface area contributed by atoms with Crippen LogP contribution in [-0.4, -0.2) is 20.7 Å². The Hall–Kier alpha value is -1.59. The molecule has 0 saturated carbocycles. The maximum atomic E-state index is 12.0. The molecule has 1 heterocycles. The van der Waals surface area contributed by atoms with Gasteiger partial charge in [0.1, 0.15) is 0 Å². The number of aromatic nitrogens is 3. The molecular formula is C10H18N4O2. The summed E-state index contributed by atoms with van der Waals surface area (Å²) in [5, 5.41) is 2.91. The van der Waals surface area contributed by atoms with Crippen LogP contribution >= 0.6 is 0 Å². The van der Waals surface area contributed by atoms with Crippen molar-refractivity contribution in [2.24, 2.45) is 0 Å². The minimum Gasteiger partial charge on any atom is -0.356 e. The van der Waals surface area contributed by atoms with Crippen molar-refractivity contribution in [1.82, 2.24) is 14.1 Å². The van der Waals surface area contributed by atoms with Gasteiger partial charge in [0.15, 0.2) is 0 Å². The van der Waals surface area contributed by atoms with E-state index < -0.39 is 5.69 Å². The molecule has 0 aliphatic rings. The SMILES string of the molecule is CCNc1nc(=O)n(C(C)C)c(=O)n1CC. The topological polar surface area (TPSA) is 68.9 Å². The largest absolute Gasteiger partial charge is 0.356 e. The van der Waals surface area contributed by atoms with Crippen molar-refractivity contribution in [2.75, 3.05) is 11.9 Å². The Morgan fingerprint density at radius 2 is 1.94 bits per heavy atom. The maximum Gasteiger partial charge on any atom is 0.355 e. The van der Waals surface area contributed by atoms with Crippen LogP contribution < -0.4 is 16.7 Å². The summed E-state index contributed by atoms with van der Waals surface area (Å²) in [5.41, 5.74) is -0.811. The Labute approximate surface area is 93.9 Å². The van der Waals surface area contributed by atoms with Crippen LogP contribution in [0.5, 0.6) is 0 Å². The zero-order valence-electron chi connectivity index (χ0n) is 10.1. The summed E-state index contributed by atoms with van der Waals surface area (Å²) in [6.07, 6.45) is 0. The first-order valence-electron chi connectivity index (χ1n) is 5.50. The Bertz CT molecular complexity index is 473. The predicted molar refractivity (Wildman–Crippen MR) is 63.0 cm³/mol. The highest BCUT2D eigenvalue weighted by Gasteiger charge is 2.13. The molecule has 0 aromatic carbocycles. The lowest BCUT2D eigenvalue weighted by Crippen LogP contribution is -2.43. The first-order valence-corrected chi connectivity index (χ1v) is 5.50. The summed E-state index contributed by atoms with van der Waals surface area (Å²) < 4.78 is 2.62. The molecule has 6 heteroatoms. The third kappa shape index (κ3) is 2.15. The Kier molecular flexibility index (Phi) is 3.87. The second kappa shape index (κ2) is 4.96. The summed E-state index contributed by atoms with van der Waals surface area (Å²) in [4.78, 5) is 27.5. The van der Waals surface area contributed by atoms with E-state index in [1.165, 1.54) is 4.57 Å². The lowest BCUT2D eigenvalue weighted by atomic mass is 10.4. The fourth-order valence-electron chi connectivity index (χ4n) is 1.53. The van der Waals surface area contributed by atoms with Crippen molar-refractivity contribution in [3.05, 3.63) is 21.0 Å². The van der Waals surface area contributed by atoms with Crippen LogP contribution in [-0.2, 0) is 6.54 Å². The van der Waals surface area contributed by atoms with Gasteiger partial charge in [-0.2, -0.15) is 4.98 Å². The van der Waals surface area contributed by atoms with Gasteiger partial charge in [-0.05, 0) is 27.7 Å². The van der Waals surface area contributed by atoms with Gasteiger partial charge in [-0.3, -0.25) is 4.57 Å². The number of nitrogens with zero attached hydrogens (tertiary/aromatic N) is 3. The van der Waals surface area contributed by atoms with Gasteiger partial charge in [-0.25, -0.2) is 14.2 Å². The van der Waals surface area contributed by atoms with Gasteiger partial charge in [0.2, 0.25) is 5.95 Å². The number of hydrogen-bond donors (Lipinski definition) is 1. The predicted octanol–water partition coefficient (Wildman–Crippen LogP) is 0.438. The normalized spacial score (nSPS) is 10.8. The Balaban J connectivity index is 3.50. The molecular weight excluding hydrogens is 208 g/mol. The van der Waals surface area contributed by atoms with Crippen molar-refractivity contribution in [3.63, 3.8) is 0 Å². The molecule has 1 aromatic heterocycles. The lowest BCUT2D eigenvalue weighted by Gasteiger charge is -2.14. The molecule has 0 radical (unpaired) electrons. The molecule has 1 rings (SSSR count). The molecule has 0 amide bonds. The first kappa shape index (κ1) is 12.5. The van der Waals surface area contributed by atoms with E-state index in [1.54, 1.807) is 13.8 Å². The number of hydrogen-bond acceptors (Lipinski definition) is 4. The minimum absolute atomic E-state index is 0.180. The van der Waals surface area contributed by atoms with Crippen LogP contribution in [0, 0.1) is 0 Å². The van der Waals surface area contributed by atoms with Crippen LogP contribution in [0.1, 0.15) is 33.7 Å². The van der Waals surface area contributed by atoms with E-state index in [0.29, 0.717) is 19.0 Å². The van der Waals surface area contributed by atoms with Crippen LogP contribution in [0.15, 0.2) is 9.59 Å². The highest BCUT2D eigenvalue weighted by molar-refractivity contribution is 5.23. The van der Waals surface area contributed by atoms with Gasteiger partial charge in [-0.15, -0.1) is 0 Å². The molecule has 0 aliphatic carbocycles. The van der Waals surface area contributed by atoms with Gasteiger partial charge in [0.25, 0.3) is 0 Å². The van der Waals surface area contributed by atoms with E-state index in [0.717, 1.165) is 4.57 Å². The average molecular weight is 226 g/mol. The summed E-state index contributed by atoms with van der Waals surface area (Å²) in [7, 11) is 0. The standard InChI is InChI=1S/C10H18N4O2/c1-5-11-8-12-9(15)14(7(3)4)10(16)13(8)6-2/h7H,5-6H2,1-4H3,(H,11,12,15). The second-order valence-electron chi connectivity index (χ2n) is 3.74. The van der Waals surface area contributed by atoms with Gasteiger partial charge < -0.3 is 5.32 Å². The van der Waals surface area contributed by atoms with E-state index in [9.17, 15) is 9.59 Å².